The van der Waals surface area contributed by atoms with Gasteiger partial charge in [-0.3, -0.25) is 0 Å². The van der Waals surface area contributed by atoms with Crippen LogP contribution >= 0.6 is 11.3 Å². The van der Waals surface area contributed by atoms with Crippen LogP contribution in [-0.4, -0.2) is 24.2 Å². The third-order valence-corrected chi connectivity index (χ3v) is 6.47. The quantitative estimate of drug-likeness (QED) is 0.740. The van der Waals surface area contributed by atoms with Crippen LogP contribution in [-0.2, 0) is 16.4 Å². The normalized spacial score (nSPS) is 13.8. The molecule has 2 aromatic heterocycles. The second kappa shape index (κ2) is 4.96. The van der Waals surface area contributed by atoms with E-state index in [2.05, 4.69) is 5.10 Å². The number of fused-ring (bicyclic) bond motifs is 1. The second-order valence-corrected chi connectivity index (χ2v) is 7.90. The minimum absolute atomic E-state index is 0.282. The molecular formula is C15H12N2O3S2. The molecule has 0 saturated heterocycles. The van der Waals surface area contributed by atoms with E-state index in [1.165, 1.54) is 17.5 Å². The fraction of sp³-hybridized carbons (Fsp3) is 0.133. The van der Waals surface area contributed by atoms with E-state index in [-0.39, 0.29) is 4.21 Å². The van der Waals surface area contributed by atoms with Gasteiger partial charge in [0.25, 0.3) is 10.0 Å². The van der Waals surface area contributed by atoms with Gasteiger partial charge in [-0.2, -0.15) is 17.6 Å². The molecule has 1 aliphatic heterocycles. The molecule has 5 nitrogen and oxygen atoms in total. The maximum Gasteiger partial charge on any atom is 0.292 e. The van der Waals surface area contributed by atoms with Crippen molar-refractivity contribution in [2.75, 3.05) is 6.61 Å². The molecule has 1 aliphatic rings. The molecule has 0 aliphatic carbocycles. The Bertz CT molecular complexity index is 928. The van der Waals surface area contributed by atoms with E-state index in [9.17, 15) is 8.42 Å². The maximum absolute atomic E-state index is 12.4. The molecule has 0 spiro atoms. The van der Waals surface area contributed by atoms with Crippen LogP contribution in [0.3, 0.4) is 0 Å². The summed E-state index contributed by atoms with van der Waals surface area (Å²) in [6.45, 7) is 0.694. The van der Waals surface area contributed by atoms with E-state index in [1.807, 2.05) is 18.2 Å². The SMILES string of the molecule is O=S(=O)(c1cccs1)n1ccc(-c2ccc3c(c2)CCO3)n1. The first-order chi connectivity index (χ1) is 10.6. The zero-order valence-electron chi connectivity index (χ0n) is 11.5. The fourth-order valence-electron chi connectivity index (χ4n) is 2.44. The van der Waals surface area contributed by atoms with Crippen molar-refractivity contribution in [1.29, 1.82) is 0 Å². The van der Waals surface area contributed by atoms with Gasteiger partial charge < -0.3 is 4.74 Å². The Morgan fingerprint density at radius 2 is 2.14 bits per heavy atom. The van der Waals surface area contributed by atoms with Crippen LogP contribution in [0.25, 0.3) is 11.3 Å². The summed E-state index contributed by atoms with van der Waals surface area (Å²) >= 11 is 1.18. The molecule has 1 aromatic carbocycles. The van der Waals surface area contributed by atoms with E-state index in [0.29, 0.717) is 12.3 Å². The lowest BCUT2D eigenvalue weighted by Crippen LogP contribution is -2.12. The molecule has 7 heteroatoms. The van der Waals surface area contributed by atoms with Gasteiger partial charge in [0.2, 0.25) is 0 Å². The zero-order chi connectivity index (χ0) is 15.2. The van der Waals surface area contributed by atoms with E-state index in [4.69, 9.17) is 4.74 Å². The van der Waals surface area contributed by atoms with Crippen LogP contribution in [0, 0.1) is 0 Å². The van der Waals surface area contributed by atoms with Gasteiger partial charge in [0.1, 0.15) is 9.96 Å². The summed E-state index contributed by atoms with van der Waals surface area (Å²) in [5.41, 5.74) is 2.66. The number of rotatable bonds is 3. The topological polar surface area (TPSA) is 61.2 Å². The van der Waals surface area contributed by atoms with E-state index < -0.39 is 10.0 Å². The standard InChI is InChI=1S/C15H12N2O3S2/c18-22(19,15-2-1-9-21-15)17-7-5-13(16-17)11-3-4-14-12(10-11)6-8-20-14/h1-5,7,9-10H,6,8H2. The molecule has 0 saturated carbocycles. The van der Waals surface area contributed by atoms with Gasteiger partial charge in [-0.1, -0.05) is 6.07 Å². The number of thiophene rings is 1. The summed E-state index contributed by atoms with van der Waals surface area (Å²) in [5.74, 6) is 0.898. The summed E-state index contributed by atoms with van der Waals surface area (Å²) in [6.07, 6.45) is 2.35. The highest BCUT2D eigenvalue weighted by Crippen LogP contribution is 2.30. The molecule has 0 radical (unpaired) electrons. The molecule has 0 unspecified atom stereocenters. The monoisotopic (exact) mass is 332 g/mol. The lowest BCUT2D eigenvalue weighted by molar-refractivity contribution is 0.357. The Hall–Kier alpha value is -2.12. The molecule has 112 valence electrons. The molecule has 22 heavy (non-hydrogen) atoms. The summed E-state index contributed by atoms with van der Waals surface area (Å²) in [7, 11) is -3.59. The van der Waals surface area contributed by atoms with E-state index >= 15 is 0 Å². The van der Waals surface area contributed by atoms with E-state index in [1.54, 1.807) is 23.6 Å². The maximum atomic E-state index is 12.4. The summed E-state index contributed by atoms with van der Waals surface area (Å²) < 4.78 is 31.6. The van der Waals surface area contributed by atoms with E-state index in [0.717, 1.165) is 27.4 Å². The van der Waals surface area contributed by atoms with Crippen molar-refractivity contribution >= 4 is 21.4 Å². The molecular weight excluding hydrogens is 320 g/mol. The number of ether oxygens (including phenoxy) is 1. The first kappa shape index (κ1) is 13.5. The Balaban J connectivity index is 1.73. The van der Waals surface area contributed by atoms with Gasteiger partial charge >= 0.3 is 0 Å². The number of aromatic nitrogens is 2. The van der Waals surface area contributed by atoms with Crippen molar-refractivity contribution in [3.05, 3.63) is 53.5 Å². The summed E-state index contributed by atoms with van der Waals surface area (Å²) in [4.78, 5) is 0. The highest BCUT2D eigenvalue weighted by Gasteiger charge is 2.20. The minimum atomic E-state index is -3.59. The lowest BCUT2D eigenvalue weighted by atomic mass is 10.1. The van der Waals surface area contributed by atoms with Gasteiger partial charge in [0, 0.05) is 18.2 Å². The highest BCUT2D eigenvalue weighted by molar-refractivity contribution is 7.91. The van der Waals surface area contributed by atoms with Crippen LogP contribution in [0.2, 0.25) is 0 Å². The molecule has 0 amide bonds. The van der Waals surface area contributed by atoms with Crippen molar-refractivity contribution in [3.63, 3.8) is 0 Å². The van der Waals surface area contributed by atoms with Gasteiger partial charge in [0.05, 0.1) is 12.3 Å². The van der Waals surface area contributed by atoms with Gasteiger partial charge in [0.15, 0.2) is 0 Å². The van der Waals surface area contributed by atoms with Gasteiger partial charge in [-0.05, 0) is 41.3 Å². The van der Waals surface area contributed by atoms with Crippen LogP contribution in [0.5, 0.6) is 5.75 Å². The van der Waals surface area contributed by atoms with Crippen molar-refractivity contribution < 1.29 is 13.2 Å². The van der Waals surface area contributed by atoms with Crippen LogP contribution < -0.4 is 4.74 Å². The van der Waals surface area contributed by atoms with Crippen molar-refractivity contribution in [2.45, 2.75) is 10.6 Å². The number of hydrogen-bond acceptors (Lipinski definition) is 5. The molecule has 3 aromatic rings. The first-order valence-electron chi connectivity index (χ1n) is 6.75. The summed E-state index contributed by atoms with van der Waals surface area (Å²) in [6, 6.07) is 10.8. The number of hydrogen-bond donors (Lipinski definition) is 0. The molecule has 0 bridgehead atoms. The Labute approximate surface area is 131 Å². The molecule has 0 N–H and O–H groups in total. The summed E-state index contributed by atoms with van der Waals surface area (Å²) in [5, 5.41) is 5.96. The number of nitrogens with zero attached hydrogens (tertiary/aromatic N) is 2. The average Bonchev–Trinajstić information content (AvgIpc) is 3.26. The third-order valence-electron chi connectivity index (χ3n) is 3.55. The number of benzene rings is 1. The molecule has 0 atom stereocenters. The Morgan fingerprint density at radius 3 is 2.95 bits per heavy atom. The Kier molecular flexibility index (Phi) is 3.05. The van der Waals surface area contributed by atoms with Crippen LogP contribution in [0.15, 0.2) is 52.2 Å². The van der Waals surface area contributed by atoms with Crippen molar-refractivity contribution in [3.8, 4) is 17.0 Å². The van der Waals surface area contributed by atoms with Gasteiger partial charge in [-0.25, -0.2) is 0 Å². The molecule has 4 rings (SSSR count). The predicted molar refractivity (Wildman–Crippen MR) is 83.8 cm³/mol. The van der Waals surface area contributed by atoms with Crippen LogP contribution in [0.4, 0.5) is 0 Å². The first-order valence-corrected chi connectivity index (χ1v) is 9.07. The molecule has 0 fully saturated rings. The zero-order valence-corrected chi connectivity index (χ0v) is 13.1. The lowest BCUT2D eigenvalue weighted by Gasteiger charge is -2.02. The highest BCUT2D eigenvalue weighted by atomic mass is 32.2. The molecule has 3 heterocycles. The largest absolute Gasteiger partial charge is 0.493 e. The smallest absolute Gasteiger partial charge is 0.292 e. The predicted octanol–water partition coefficient (Wildman–Crippen LogP) is 2.78. The third kappa shape index (κ3) is 2.13. The average molecular weight is 332 g/mol. The van der Waals surface area contributed by atoms with Crippen LogP contribution in [0.1, 0.15) is 5.56 Å². The second-order valence-electron chi connectivity index (χ2n) is 4.93. The minimum Gasteiger partial charge on any atom is -0.493 e. The fourth-order valence-corrected chi connectivity index (χ4v) is 4.63. The van der Waals surface area contributed by atoms with Crippen molar-refractivity contribution in [1.82, 2.24) is 9.19 Å². The van der Waals surface area contributed by atoms with Gasteiger partial charge in [-0.15, -0.1) is 11.3 Å². The Morgan fingerprint density at radius 1 is 1.23 bits per heavy atom. The van der Waals surface area contributed by atoms with Crippen molar-refractivity contribution in [2.24, 2.45) is 0 Å².